The third-order valence-electron chi connectivity index (χ3n) is 2.38. The molecular formula is C16H41NO6P+. The average Bonchev–Trinajstić information content (AvgIpc) is 2.62. The third-order valence-corrected chi connectivity index (χ3v) is 3.32. The van der Waals surface area contributed by atoms with Gasteiger partial charge in [-0.1, -0.05) is 62.3 Å². The molecule has 1 unspecified atom stereocenters. The summed E-state index contributed by atoms with van der Waals surface area (Å²) < 4.78 is 9.14. The number of nitrogens with one attached hydrogen (secondary N) is 1. The fraction of sp³-hybridized carbons (Fsp3) is 0.938. The molecular weight excluding hydrogens is 333 g/mol. The van der Waals surface area contributed by atoms with E-state index in [2.05, 4.69) is 9.84 Å². The van der Waals surface area contributed by atoms with E-state index in [0.717, 1.165) is 13.5 Å². The lowest BCUT2D eigenvalue weighted by molar-refractivity contribution is -0.137. The van der Waals surface area contributed by atoms with E-state index in [9.17, 15) is 19.7 Å². The van der Waals surface area contributed by atoms with E-state index in [4.69, 9.17) is 4.52 Å². The quantitative estimate of drug-likeness (QED) is 0.486. The number of hydrogen-bond donors (Lipinski definition) is 4. The molecule has 7 nitrogen and oxygen atoms in total. The van der Waals surface area contributed by atoms with Gasteiger partial charge in [0.2, 0.25) is 5.91 Å². The van der Waals surface area contributed by atoms with Crippen LogP contribution >= 0.6 is 8.17 Å². The minimum Gasteiger partial charge on any atom is -0.383 e. The van der Waals surface area contributed by atoms with E-state index >= 15 is 0 Å². The molecule has 0 aromatic carbocycles. The highest BCUT2D eigenvalue weighted by Crippen LogP contribution is 2.52. The lowest BCUT2D eigenvalue weighted by atomic mass is 9.87. The molecule has 0 fully saturated rings. The van der Waals surface area contributed by atoms with E-state index in [-0.39, 0.29) is 6.61 Å². The molecule has 0 aliphatic heterocycles. The predicted octanol–water partition coefficient (Wildman–Crippen LogP) is 3.30. The first-order valence-electron chi connectivity index (χ1n) is 8.67. The summed E-state index contributed by atoms with van der Waals surface area (Å²) in [6.07, 6.45) is -0.540. The number of aliphatic hydroxyl groups excluding tert-OH is 1. The van der Waals surface area contributed by atoms with Gasteiger partial charge in [-0.3, -0.25) is 4.79 Å². The minimum absolute atomic E-state index is 0.220. The predicted molar refractivity (Wildman–Crippen MR) is 101 cm³/mol. The van der Waals surface area contributed by atoms with Crippen molar-refractivity contribution in [2.24, 2.45) is 5.41 Å². The zero-order chi connectivity index (χ0) is 20.4. The summed E-state index contributed by atoms with van der Waals surface area (Å²) >= 11 is 0. The second-order valence-electron chi connectivity index (χ2n) is 4.63. The van der Waals surface area contributed by atoms with Crippen molar-refractivity contribution < 1.29 is 28.7 Å². The van der Waals surface area contributed by atoms with Crippen molar-refractivity contribution in [2.75, 3.05) is 20.3 Å². The molecule has 0 aliphatic rings. The monoisotopic (exact) mass is 374 g/mol. The van der Waals surface area contributed by atoms with Gasteiger partial charge in [-0.15, -0.1) is 0 Å². The molecule has 0 aliphatic carbocycles. The number of carbonyl (C=O) groups excluding carboxylic acids is 1. The molecule has 0 saturated carbocycles. The summed E-state index contributed by atoms with van der Waals surface area (Å²) in [5.41, 5.74) is -0.965. The Morgan fingerprint density at radius 2 is 1.54 bits per heavy atom. The normalized spacial score (nSPS) is 11.5. The lowest BCUT2D eigenvalue weighted by Crippen LogP contribution is -2.46. The second-order valence-corrected chi connectivity index (χ2v) is 6.23. The highest BCUT2D eigenvalue weighted by molar-refractivity contribution is 7.54. The number of hydrogen-bond acceptors (Lipinski definition) is 6. The van der Waals surface area contributed by atoms with Gasteiger partial charge in [-0.2, -0.15) is 18.8 Å². The number of carbonyl (C=O) groups is 1. The minimum atomic E-state index is -3.85. The van der Waals surface area contributed by atoms with Gasteiger partial charge in [0, 0.05) is 12.0 Å². The first kappa shape index (κ1) is 31.5. The van der Waals surface area contributed by atoms with Crippen LogP contribution in [0.2, 0.25) is 0 Å². The Kier molecular flexibility index (Phi) is 25.0. The summed E-state index contributed by atoms with van der Waals surface area (Å²) in [5.74, 6) is -0.511. The van der Waals surface area contributed by atoms with Gasteiger partial charge >= 0.3 is 8.17 Å². The van der Waals surface area contributed by atoms with Gasteiger partial charge in [-0.05, 0) is 6.42 Å². The van der Waals surface area contributed by atoms with E-state index in [1.807, 2.05) is 48.5 Å². The average molecular weight is 374 g/mol. The topological polar surface area (TPSA) is 108 Å². The fourth-order valence-electron chi connectivity index (χ4n) is 1.08. The van der Waals surface area contributed by atoms with Crippen molar-refractivity contribution in [3.05, 3.63) is 0 Å². The zero-order valence-corrected chi connectivity index (χ0v) is 18.1. The number of amides is 1. The second kappa shape index (κ2) is 19.0. The van der Waals surface area contributed by atoms with E-state index in [0.29, 0.717) is 6.54 Å². The Labute approximate surface area is 149 Å². The van der Waals surface area contributed by atoms with Crippen molar-refractivity contribution in [3.8, 4) is 0 Å². The SMILES string of the molecule is CC.CC.CC.CCCNC(=O)C(O)C(C)(C)CO[P+](O)(O)OC. The Bertz CT molecular complexity index is 275. The molecule has 4 N–H and O–H groups in total. The van der Waals surface area contributed by atoms with Crippen LogP contribution in [0.3, 0.4) is 0 Å². The van der Waals surface area contributed by atoms with Crippen LogP contribution in [-0.2, 0) is 13.8 Å². The van der Waals surface area contributed by atoms with Crippen LogP contribution in [0.25, 0.3) is 0 Å². The van der Waals surface area contributed by atoms with Crippen molar-refractivity contribution in [1.29, 1.82) is 0 Å². The highest BCUT2D eigenvalue weighted by Gasteiger charge is 2.43. The lowest BCUT2D eigenvalue weighted by Gasteiger charge is -2.28. The Morgan fingerprint density at radius 1 is 1.12 bits per heavy atom. The summed E-state index contributed by atoms with van der Waals surface area (Å²) in [6, 6.07) is 0. The molecule has 0 saturated heterocycles. The maximum atomic E-state index is 11.6. The van der Waals surface area contributed by atoms with Gasteiger partial charge in [0.15, 0.2) is 0 Å². The molecule has 0 heterocycles. The van der Waals surface area contributed by atoms with Crippen molar-refractivity contribution in [3.63, 3.8) is 0 Å². The molecule has 0 rings (SSSR count). The van der Waals surface area contributed by atoms with Gasteiger partial charge < -0.3 is 10.4 Å². The molecule has 1 amide bonds. The van der Waals surface area contributed by atoms with Crippen LogP contribution in [0.4, 0.5) is 0 Å². The van der Waals surface area contributed by atoms with Gasteiger partial charge in [0.05, 0.1) is 7.11 Å². The van der Waals surface area contributed by atoms with Gasteiger partial charge in [0.25, 0.3) is 0 Å². The maximum Gasteiger partial charge on any atom is 0.569 e. The fourth-order valence-corrected chi connectivity index (χ4v) is 1.69. The Morgan fingerprint density at radius 3 is 1.88 bits per heavy atom. The zero-order valence-electron chi connectivity index (χ0n) is 17.2. The van der Waals surface area contributed by atoms with Crippen molar-refractivity contribution in [1.82, 2.24) is 5.32 Å². The van der Waals surface area contributed by atoms with Crippen molar-refractivity contribution >= 4 is 14.1 Å². The molecule has 24 heavy (non-hydrogen) atoms. The van der Waals surface area contributed by atoms with Gasteiger partial charge in [-0.25, -0.2) is 0 Å². The van der Waals surface area contributed by atoms with Crippen LogP contribution < -0.4 is 5.32 Å². The van der Waals surface area contributed by atoms with E-state index in [1.165, 1.54) is 0 Å². The van der Waals surface area contributed by atoms with E-state index in [1.54, 1.807) is 13.8 Å². The smallest absolute Gasteiger partial charge is 0.383 e. The molecule has 150 valence electrons. The standard InChI is InChI=1S/C10H22NO6P.3C2H6/c1-5-6-11-9(13)8(12)10(2,3)7-17-18(14,15)16-4;3*1-2/h8,12,14-15H,5-7H2,1-4H3;3*1-2H3/p+1. The first-order valence-corrected chi connectivity index (χ1v) is 10.2. The summed E-state index contributed by atoms with van der Waals surface area (Å²) in [4.78, 5) is 30.0. The summed E-state index contributed by atoms with van der Waals surface area (Å²) in [7, 11) is -2.75. The van der Waals surface area contributed by atoms with Gasteiger partial charge in [0.1, 0.15) is 12.7 Å². The van der Waals surface area contributed by atoms with E-state index < -0.39 is 25.6 Å². The van der Waals surface area contributed by atoms with Crippen molar-refractivity contribution in [2.45, 2.75) is 74.8 Å². The van der Waals surface area contributed by atoms with Crippen LogP contribution in [0.15, 0.2) is 0 Å². The number of aliphatic hydroxyl groups is 1. The molecule has 0 aromatic heterocycles. The van der Waals surface area contributed by atoms with Crippen LogP contribution in [-0.4, -0.2) is 47.2 Å². The largest absolute Gasteiger partial charge is 0.569 e. The summed E-state index contributed by atoms with van der Waals surface area (Å²) in [5, 5.41) is 12.4. The Balaban J connectivity index is -0.000000297. The first-order chi connectivity index (χ1) is 11.2. The molecule has 0 aromatic rings. The van der Waals surface area contributed by atoms with Crippen LogP contribution in [0, 0.1) is 5.41 Å². The molecule has 0 bridgehead atoms. The molecule has 1 atom stereocenters. The molecule has 0 radical (unpaired) electrons. The number of rotatable bonds is 8. The molecule has 0 spiro atoms. The Hall–Kier alpha value is -0.300. The third kappa shape index (κ3) is 16.6. The molecule has 8 heteroatoms. The maximum absolute atomic E-state index is 11.6. The highest BCUT2D eigenvalue weighted by atomic mass is 31.2. The summed E-state index contributed by atoms with van der Waals surface area (Å²) in [6.45, 7) is 17.3. The van der Waals surface area contributed by atoms with Crippen LogP contribution in [0.5, 0.6) is 0 Å². The van der Waals surface area contributed by atoms with Crippen LogP contribution in [0.1, 0.15) is 68.7 Å².